The number of aromatic amines is 1. The Hall–Kier alpha value is -3.22. The number of hydrogen-bond acceptors (Lipinski definition) is 4. The molecule has 3 heterocycles. The van der Waals surface area contributed by atoms with E-state index >= 15 is 0 Å². The van der Waals surface area contributed by atoms with Crippen LogP contribution in [0.2, 0.25) is 0 Å². The van der Waals surface area contributed by atoms with E-state index in [2.05, 4.69) is 33.5 Å². The lowest BCUT2D eigenvalue weighted by Crippen LogP contribution is -2.23. The van der Waals surface area contributed by atoms with Crippen molar-refractivity contribution in [1.29, 1.82) is 0 Å². The molecule has 0 aliphatic heterocycles. The summed E-state index contributed by atoms with van der Waals surface area (Å²) in [6, 6.07) is 6.56. The number of rotatable bonds is 5. The third-order valence-electron chi connectivity index (χ3n) is 5.33. The number of aromatic nitrogens is 5. The molecule has 0 bridgehead atoms. The van der Waals surface area contributed by atoms with E-state index in [-0.39, 0.29) is 5.91 Å². The van der Waals surface area contributed by atoms with Crippen LogP contribution in [0.5, 0.6) is 0 Å². The number of hydrogen-bond donors (Lipinski definition) is 2. The van der Waals surface area contributed by atoms with Gasteiger partial charge in [0.2, 0.25) is 0 Å². The Labute approximate surface area is 162 Å². The van der Waals surface area contributed by atoms with E-state index in [0.717, 1.165) is 23.0 Å². The van der Waals surface area contributed by atoms with Crippen molar-refractivity contribution in [2.24, 2.45) is 7.05 Å². The number of carbonyl (C=O) groups is 1. The van der Waals surface area contributed by atoms with Crippen LogP contribution in [0.1, 0.15) is 48.0 Å². The summed E-state index contributed by atoms with van der Waals surface area (Å²) in [7, 11) is 1.94. The first-order chi connectivity index (χ1) is 13.7. The van der Waals surface area contributed by atoms with Crippen molar-refractivity contribution < 1.29 is 4.79 Å². The van der Waals surface area contributed by atoms with E-state index in [1.807, 2.05) is 18.7 Å². The molecule has 0 atom stereocenters. The molecule has 5 rings (SSSR count). The van der Waals surface area contributed by atoms with Crippen LogP contribution >= 0.6 is 0 Å². The number of carbonyl (C=O) groups excluding carboxylic acids is 1. The topological polar surface area (TPSA) is 88.5 Å². The van der Waals surface area contributed by atoms with Crippen LogP contribution in [0.15, 0.2) is 30.6 Å². The highest BCUT2D eigenvalue weighted by atomic mass is 16.1. The fourth-order valence-corrected chi connectivity index (χ4v) is 3.66. The maximum atomic E-state index is 12.5. The lowest BCUT2D eigenvalue weighted by atomic mass is 10.1. The normalized spacial score (nSPS) is 14.1. The summed E-state index contributed by atoms with van der Waals surface area (Å²) in [5.41, 5.74) is 5.59. The minimum Gasteiger partial charge on any atom is -0.352 e. The van der Waals surface area contributed by atoms with Crippen LogP contribution in [0.3, 0.4) is 0 Å². The minimum atomic E-state index is -0.138. The van der Waals surface area contributed by atoms with Crippen molar-refractivity contribution in [1.82, 2.24) is 30.0 Å². The fraction of sp³-hybridized carbons (Fsp3) is 0.333. The molecule has 1 aliphatic carbocycles. The Morgan fingerprint density at radius 1 is 1.36 bits per heavy atom. The Morgan fingerprint density at radius 2 is 2.21 bits per heavy atom. The molecule has 1 amide bonds. The van der Waals surface area contributed by atoms with Crippen LogP contribution in [0, 0.1) is 0 Å². The molecular formula is C21H22N6O. The number of aryl methyl sites for hydroxylation is 1. The Morgan fingerprint density at radius 3 is 3.00 bits per heavy atom. The summed E-state index contributed by atoms with van der Waals surface area (Å²) in [5.74, 6) is 0.533. The monoisotopic (exact) mass is 374 g/mol. The van der Waals surface area contributed by atoms with Crippen molar-refractivity contribution in [2.75, 3.05) is 6.54 Å². The average molecular weight is 374 g/mol. The maximum absolute atomic E-state index is 12.5. The summed E-state index contributed by atoms with van der Waals surface area (Å²) in [5, 5.41) is 8.68. The smallest absolute Gasteiger partial charge is 0.255 e. The zero-order valence-corrected chi connectivity index (χ0v) is 16.0. The highest BCUT2D eigenvalue weighted by Crippen LogP contribution is 2.41. The van der Waals surface area contributed by atoms with E-state index in [1.54, 1.807) is 12.4 Å². The predicted molar refractivity (Wildman–Crippen MR) is 108 cm³/mol. The molecule has 0 spiro atoms. The quantitative estimate of drug-likeness (QED) is 0.559. The lowest BCUT2D eigenvalue weighted by Gasteiger charge is -2.03. The van der Waals surface area contributed by atoms with Crippen LogP contribution in [-0.4, -0.2) is 37.2 Å². The van der Waals surface area contributed by atoms with E-state index in [1.165, 1.54) is 18.4 Å². The zero-order chi connectivity index (χ0) is 19.3. The Kier molecular flexibility index (Phi) is 3.89. The SMILES string of the molecule is CCCNC(=O)c1c[nH]c2ncc(-c3nn(C)c4ccc(C5CC5)cc34)nc12. The summed E-state index contributed by atoms with van der Waals surface area (Å²) < 4.78 is 1.87. The van der Waals surface area contributed by atoms with Gasteiger partial charge in [0.1, 0.15) is 16.9 Å². The molecule has 142 valence electrons. The number of nitrogens with one attached hydrogen (secondary N) is 2. The van der Waals surface area contributed by atoms with Crippen LogP contribution in [0.25, 0.3) is 33.5 Å². The lowest BCUT2D eigenvalue weighted by molar-refractivity contribution is 0.0955. The van der Waals surface area contributed by atoms with Crippen molar-refractivity contribution >= 4 is 28.0 Å². The molecule has 28 heavy (non-hydrogen) atoms. The highest BCUT2D eigenvalue weighted by Gasteiger charge is 2.25. The molecule has 2 N–H and O–H groups in total. The number of benzene rings is 1. The summed E-state index contributed by atoms with van der Waals surface area (Å²) in [4.78, 5) is 24.7. The van der Waals surface area contributed by atoms with Crippen LogP contribution < -0.4 is 5.32 Å². The molecule has 1 aliphatic rings. The van der Waals surface area contributed by atoms with E-state index in [9.17, 15) is 4.79 Å². The summed E-state index contributed by atoms with van der Waals surface area (Å²) in [6.07, 6.45) is 6.78. The molecule has 1 aromatic carbocycles. The van der Waals surface area contributed by atoms with E-state index in [4.69, 9.17) is 10.1 Å². The molecule has 1 saturated carbocycles. The van der Waals surface area contributed by atoms with Crippen LogP contribution in [-0.2, 0) is 7.05 Å². The van der Waals surface area contributed by atoms with Crippen molar-refractivity contribution in [2.45, 2.75) is 32.1 Å². The number of H-pyrrole nitrogens is 1. The first kappa shape index (κ1) is 16.9. The number of amides is 1. The second-order valence-corrected chi connectivity index (χ2v) is 7.43. The third kappa shape index (κ3) is 2.74. The van der Waals surface area contributed by atoms with Gasteiger partial charge in [0.05, 0.1) is 17.3 Å². The number of nitrogens with zero attached hydrogens (tertiary/aromatic N) is 4. The summed E-state index contributed by atoms with van der Waals surface area (Å²) >= 11 is 0. The molecule has 3 aromatic heterocycles. The molecule has 7 heteroatoms. The van der Waals surface area contributed by atoms with Gasteiger partial charge in [-0.05, 0) is 42.9 Å². The largest absolute Gasteiger partial charge is 0.352 e. The van der Waals surface area contributed by atoms with Gasteiger partial charge in [-0.15, -0.1) is 0 Å². The van der Waals surface area contributed by atoms with E-state index < -0.39 is 0 Å². The maximum Gasteiger partial charge on any atom is 0.255 e. The van der Waals surface area contributed by atoms with Crippen molar-refractivity contribution in [3.8, 4) is 11.4 Å². The zero-order valence-electron chi connectivity index (χ0n) is 16.0. The standard InChI is InChI=1S/C21H22N6O/c1-3-8-22-21(28)15-10-23-20-19(15)25-16(11-24-20)18-14-9-13(12-4-5-12)6-7-17(14)27(2)26-18/h6-7,9-12H,3-5,8H2,1-2H3,(H,22,28)(H,23,24). The molecular weight excluding hydrogens is 352 g/mol. The van der Waals surface area contributed by atoms with Crippen molar-refractivity contribution in [3.63, 3.8) is 0 Å². The second kappa shape index (κ2) is 6.44. The van der Waals surface area contributed by atoms with Gasteiger partial charge < -0.3 is 10.3 Å². The van der Waals surface area contributed by atoms with Gasteiger partial charge in [-0.2, -0.15) is 5.10 Å². The number of fused-ring (bicyclic) bond motifs is 2. The van der Waals surface area contributed by atoms with E-state index in [0.29, 0.717) is 34.9 Å². The molecule has 0 unspecified atom stereocenters. The predicted octanol–water partition coefficient (Wildman–Crippen LogP) is 3.53. The first-order valence-electron chi connectivity index (χ1n) is 9.75. The molecule has 7 nitrogen and oxygen atoms in total. The first-order valence-corrected chi connectivity index (χ1v) is 9.75. The van der Waals surface area contributed by atoms with Gasteiger partial charge in [-0.25, -0.2) is 9.97 Å². The molecule has 4 aromatic rings. The van der Waals surface area contributed by atoms with Gasteiger partial charge in [0.15, 0.2) is 5.65 Å². The minimum absolute atomic E-state index is 0.138. The van der Waals surface area contributed by atoms with Gasteiger partial charge >= 0.3 is 0 Å². The fourth-order valence-electron chi connectivity index (χ4n) is 3.66. The Bertz CT molecular complexity index is 1200. The third-order valence-corrected chi connectivity index (χ3v) is 5.33. The highest BCUT2D eigenvalue weighted by molar-refractivity contribution is 6.05. The van der Waals surface area contributed by atoms with Gasteiger partial charge in [0, 0.05) is 25.2 Å². The van der Waals surface area contributed by atoms with Gasteiger partial charge in [0.25, 0.3) is 5.91 Å². The molecule has 1 fully saturated rings. The average Bonchev–Trinajstić information content (AvgIpc) is 3.40. The van der Waals surface area contributed by atoms with Gasteiger partial charge in [-0.1, -0.05) is 13.0 Å². The Balaban J connectivity index is 1.63. The van der Waals surface area contributed by atoms with Gasteiger partial charge in [-0.3, -0.25) is 9.48 Å². The molecule has 0 saturated heterocycles. The molecule has 0 radical (unpaired) electrons. The second-order valence-electron chi connectivity index (χ2n) is 7.43. The van der Waals surface area contributed by atoms with Crippen LogP contribution in [0.4, 0.5) is 0 Å². The summed E-state index contributed by atoms with van der Waals surface area (Å²) in [6.45, 7) is 2.66. The van der Waals surface area contributed by atoms with Crippen molar-refractivity contribution in [3.05, 3.63) is 41.7 Å².